The van der Waals surface area contributed by atoms with Gasteiger partial charge in [-0.2, -0.15) is 0 Å². The lowest BCUT2D eigenvalue weighted by Crippen LogP contribution is -2.27. The Morgan fingerprint density at radius 3 is 2.94 bits per heavy atom. The Morgan fingerprint density at radius 2 is 2.17 bits per heavy atom. The van der Waals surface area contributed by atoms with Crippen molar-refractivity contribution in [1.82, 2.24) is 9.97 Å². The molecule has 1 saturated carbocycles. The quantitative estimate of drug-likeness (QED) is 0.810. The van der Waals surface area contributed by atoms with E-state index in [1.807, 2.05) is 0 Å². The molecule has 2 unspecified atom stereocenters. The van der Waals surface area contributed by atoms with Gasteiger partial charge in [0.15, 0.2) is 0 Å². The van der Waals surface area contributed by atoms with Crippen molar-refractivity contribution in [3.63, 3.8) is 0 Å². The van der Waals surface area contributed by atoms with Crippen molar-refractivity contribution in [3.05, 3.63) is 17.2 Å². The summed E-state index contributed by atoms with van der Waals surface area (Å²) in [5.41, 5.74) is 8.02. The van der Waals surface area contributed by atoms with Crippen LogP contribution in [0.5, 0.6) is 0 Å². The molecule has 1 heterocycles. The van der Waals surface area contributed by atoms with Crippen LogP contribution in [-0.2, 0) is 12.8 Å². The minimum Gasteiger partial charge on any atom is -0.345 e. The molecule has 3 rings (SSSR count). The van der Waals surface area contributed by atoms with Gasteiger partial charge in [-0.15, -0.1) is 0 Å². The Morgan fingerprint density at radius 1 is 1.33 bits per heavy atom. The average Bonchev–Trinajstić information content (AvgIpc) is 2.70. The Balaban J connectivity index is 1.80. The normalized spacial score (nSPS) is 31.1. The van der Waals surface area contributed by atoms with Gasteiger partial charge in [0, 0.05) is 36.9 Å². The molecular weight excluding hydrogens is 236 g/mol. The molecular formula is C13H19F2N3. The molecule has 2 atom stereocenters. The highest BCUT2D eigenvalue weighted by Crippen LogP contribution is 2.41. The Kier molecular flexibility index (Phi) is 2.88. The number of imidazole rings is 1. The van der Waals surface area contributed by atoms with Crippen LogP contribution in [0.1, 0.15) is 55.2 Å². The van der Waals surface area contributed by atoms with Crippen LogP contribution < -0.4 is 5.73 Å². The van der Waals surface area contributed by atoms with Gasteiger partial charge in [-0.05, 0) is 25.7 Å². The van der Waals surface area contributed by atoms with Gasteiger partial charge in [-0.25, -0.2) is 13.8 Å². The van der Waals surface area contributed by atoms with Crippen LogP contribution in [-0.4, -0.2) is 21.9 Å². The van der Waals surface area contributed by atoms with E-state index in [9.17, 15) is 8.78 Å². The predicted molar refractivity (Wildman–Crippen MR) is 64.7 cm³/mol. The van der Waals surface area contributed by atoms with Crippen molar-refractivity contribution >= 4 is 0 Å². The number of aromatic nitrogens is 2. The monoisotopic (exact) mass is 255 g/mol. The van der Waals surface area contributed by atoms with Crippen molar-refractivity contribution < 1.29 is 8.78 Å². The first-order valence-corrected chi connectivity index (χ1v) is 6.74. The molecule has 3 nitrogen and oxygen atoms in total. The first-order chi connectivity index (χ1) is 8.53. The van der Waals surface area contributed by atoms with Gasteiger partial charge in [0.25, 0.3) is 0 Å². The summed E-state index contributed by atoms with van der Waals surface area (Å²) in [5, 5.41) is 0. The fraction of sp³-hybridized carbons (Fsp3) is 0.769. The second kappa shape index (κ2) is 4.30. The lowest BCUT2D eigenvalue weighted by Gasteiger charge is -2.27. The second-order valence-electron chi connectivity index (χ2n) is 5.70. The number of hydrogen-bond donors (Lipinski definition) is 2. The highest BCUT2D eigenvalue weighted by atomic mass is 19.3. The maximum absolute atomic E-state index is 13.4. The zero-order valence-corrected chi connectivity index (χ0v) is 10.4. The molecule has 0 aliphatic heterocycles. The van der Waals surface area contributed by atoms with E-state index in [2.05, 4.69) is 9.97 Å². The summed E-state index contributed by atoms with van der Waals surface area (Å²) in [4.78, 5) is 7.78. The Hall–Kier alpha value is -0.970. The second-order valence-corrected chi connectivity index (χ2v) is 5.70. The summed E-state index contributed by atoms with van der Waals surface area (Å²) >= 11 is 0. The molecule has 0 aromatic carbocycles. The molecule has 2 aliphatic carbocycles. The molecule has 3 N–H and O–H groups in total. The van der Waals surface area contributed by atoms with Crippen molar-refractivity contribution in [3.8, 4) is 0 Å². The van der Waals surface area contributed by atoms with E-state index in [0.717, 1.165) is 42.9 Å². The topological polar surface area (TPSA) is 54.7 Å². The molecule has 1 aromatic heterocycles. The summed E-state index contributed by atoms with van der Waals surface area (Å²) in [6.45, 7) is 0. The maximum atomic E-state index is 13.4. The molecule has 2 aliphatic rings. The standard InChI is InChI=1S/C13H19F2N3/c14-13(15)5-1-2-8(7-13)12-17-10-4-3-9(16)6-11(10)18-12/h8-9H,1-7,16H2,(H,17,18). The molecule has 0 spiro atoms. The van der Waals surface area contributed by atoms with E-state index < -0.39 is 5.92 Å². The number of hydrogen-bond acceptors (Lipinski definition) is 2. The molecule has 18 heavy (non-hydrogen) atoms. The van der Waals surface area contributed by atoms with Crippen LogP contribution in [0.25, 0.3) is 0 Å². The van der Waals surface area contributed by atoms with Gasteiger partial charge >= 0.3 is 0 Å². The minimum absolute atomic E-state index is 0.0226. The van der Waals surface area contributed by atoms with Crippen LogP contribution in [0.3, 0.4) is 0 Å². The number of aromatic amines is 1. The summed E-state index contributed by atoms with van der Waals surface area (Å²) in [6.07, 6.45) is 3.97. The summed E-state index contributed by atoms with van der Waals surface area (Å²) < 4.78 is 26.8. The zero-order valence-electron chi connectivity index (χ0n) is 10.4. The van der Waals surface area contributed by atoms with Gasteiger partial charge < -0.3 is 10.7 Å². The van der Waals surface area contributed by atoms with Gasteiger partial charge in [0.05, 0.1) is 5.69 Å². The first kappa shape index (κ1) is 12.1. The third-order valence-corrected chi connectivity index (χ3v) is 4.13. The number of fused-ring (bicyclic) bond motifs is 1. The van der Waals surface area contributed by atoms with E-state index in [-0.39, 0.29) is 24.8 Å². The number of rotatable bonds is 1. The summed E-state index contributed by atoms with van der Waals surface area (Å²) in [6, 6.07) is 0.179. The van der Waals surface area contributed by atoms with Gasteiger partial charge in [-0.3, -0.25) is 0 Å². The van der Waals surface area contributed by atoms with Gasteiger partial charge in [0.1, 0.15) is 5.82 Å². The number of H-pyrrole nitrogens is 1. The van der Waals surface area contributed by atoms with Crippen molar-refractivity contribution in [2.45, 2.75) is 62.8 Å². The minimum atomic E-state index is -2.52. The van der Waals surface area contributed by atoms with Crippen LogP contribution in [0.2, 0.25) is 0 Å². The molecule has 1 aromatic rings. The fourth-order valence-corrected chi connectivity index (χ4v) is 3.13. The Labute approximate surface area is 105 Å². The van der Waals surface area contributed by atoms with Crippen LogP contribution >= 0.6 is 0 Å². The largest absolute Gasteiger partial charge is 0.345 e. The maximum Gasteiger partial charge on any atom is 0.248 e. The first-order valence-electron chi connectivity index (χ1n) is 6.74. The highest BCUT2D eigenvalue weighted by Gasteiger charge is 2.38. The van der Waals surface area contributed by atoms with Crippen LogP contribution in [0.15, 0.2) is 0 Å². The van der Waals surface area contributed by atoms with Crippen molar-refractivity contribution in [1.29, 1.82) is 0 Å². The number of nitrogens with two attached hydrogens (primary N) is 1. The molecule has 0 radical (unpaired) electrons. The van der Waals surface area contributed by atoms with Crippen molar-refractivity contribution in [2.75, 3.05) is 0 Å². The third-order valence-electron chi connectivity index (χ3n) is 4.13. The number of aryl methyl sites for hydroxylation is 1. The summed E-state index contributed by atoms with van der Waals surface area (Å²) in [5.74, 6) is -1.88. The average molecular weight is 255 g/mol. The highest BCUT2D eigenvalue weighted by molar-refractivity contribution is 5.21. The van der Waals surface area contributed by atoms with Gasteiger partial charge in [0.2, 0.25) is 5.92 Å². The zero-order chi connectivity index (χ0) is 12.8. The lowest BCUT2D eigenvalue weighted by atomic mass is 9.86. The van der Waals surface area contributed by atoms with Gasteiger partial charge in [-0.1, -0.05) is 0 Å². The third kappa shape index (κ3) is 2.28. The molecule has 5 heteroatoms. The predicted octanol–water partition coefficient (Wildman–Crippen LogP) is 2.52. The summed E-state index contributed by atoms with van der Waals surface area (Å²) in [7, 11) is 0. The molecule has 100 valence electrons. The van der Waals surface area contributed by atoms with Crippen LogP contribution in [0.4, 0.5) is 8.78 Å². The van der Waals surface area contributed by atoms with E-state index in [1.165, 1.54) is 0 Å². The number of nitrogens with zero attached hydrogens (tertiary/aromatic N) is 1. The van der Waals surface area contributed by atoms with E-state index in [0.29, 0.717) is 6.42 Å². The van der Waals surface area contributed by atoms with E-state index >= 15 is 0 Å². The lowest BCUT2D eigenvalue weighted by molar-refractivity contribution is -0.0416. The molecule has 0 bridgehead atoms. The number of nitrogens with one attached hydrogen (secondary N) is 1. The molecule has 1 fully saturated rings. The molecule has 0 amide bonds. The van der Waals surface area contributed by atoms with Crippen molar-refractivity contribution in [2.24, 2.45) is 5.73 Å². The Bertz CT molecular complexity index is 441. The number of halogens is 2. The van der Waals surface area contributed by atoms with Crippen LogP contribution in [0, 0.1) is 0 Å². The number of alkyl halides is 2. The SMILES string of the molecule is NC1CCc2nc(C3CCCC(F)(F)C3)[nH]c2C1. The molecule has 0 saturated heterocycles. The smallest absolute Gasteiger partial charge is 0.248 e. The van der Waals surface area contributed by atoms with E-state index in [4.69, 9.17) is 5.73 Å². The van der Waals surface area contributed by atoms with E-state index in [1.54, 1.807) is 0 Å². The fourth-order valence-electron chi connectivity index (χ4n) is 3.13.